The SMILES string of the molecule is CC(=O)Cn1nnc(-c2ccccc2)c1COC(=O)NCc1ccccc1. The average molecular weight is 364 g/mol. The largest absolute Gasteiger partial charge is 0.443 e. The van der Waals surface area contributed by atoms with E-state index in [1.165, 1.54) is 11.6 Å². The first-order chi connectivity index (χ1) is 13.1. The average Bonchev–Trinajstić information content (AvgIpc) is 3.08. The highest BCUT2D eigenvalue weighted by atomic mass is 16.5. The molecule has 0 radical (unpaired) electrons. The fraction of sp³-hybridized carbons (Fsp3) is 0.200. The van der Waals surface area contributed by atoms with Crippen LogP contribution in [0.5, 0.6) is 0 Å². The molecule has 0 saturated heterocycles. The molecule has 0 atom stereocenters. The molecule has 0 aliphatic rings. The maximum Gasteiger partial charge on any atom is 0.407 e. The van der Waals surface area contributed by atoms with Crippen molar-refractivity contribution in [3.8, 4) is 11.3 Å². The van der Waals surface area contributed by atoms with Crippen molar-refractivity contribution >= 4 is 11.9 Å². The molecule has 0 aliphatic carbocycles. The van der Waals surface area contributed by atoms with E-state index < -0.39 is 6.09 Å². The Morgan fingerprint density at radius 3 is 2.37 bits per heavy atom. The number of alkyl carbamates (subject to hydrolysis) is 1. The van der Waals surface area contributed by atoms with Gasteiger partial charge in [-0.1, -0.05) is 65.9 Å². The molecule has 27 heavy (non-hydrogen) atoms. The summed E-state index contributed by atoms with van der Waals surface area (Å²) in [6.07, 6.45) is -0.548. The van der Waals surface area contributed by atoms with Crippen LogP contribution in [-0.2, 0) is 29.2 Å². The Morgan fingerprint density at radius 1 is 1.04 bits per heavy atom. The number of ketones is 1. The molecule has 1 amide bonds. The highest BCUT2D eigenvalue weighted by Gasteiger charge is 2.17. The monoisotopic (exact) mass is 364 g/mol. The Bertz CT molecular complexity index is 907. The van der Waals surface area contributed by atoms with E-state index in [9.17, 15) is 9.59 Å². The van der Waals surface area contributed by atoms with Gasteiger partial charge in [0.1, 0.15) is 24.5 Å². The first-order valence-electron chi connectivity index (χ1n) is 8.55. The molecular formula is C20H20N4O3. The molecular weight excluding hydrogens is 344 g/mol. The van der Waals surface area contributed by atoms with Gasteiger partial charge in [-0.15, -0.1) is 5.10 Å². The molecule has 0 fully saturated rings. The summed E-state index contributed by atoms with van der Waals surface area (Å²) in [6.45, 7) is 1.88. The predicted molar refractivity (Wildman–Crippen MR) is 99.6 cm³/mol. The maximum absolute atomic E-state index is 12.0. The lowest BCUT2D eigenvalue weighted by Gasteiger charge is -2.09. The normalized spacial score (nSPS) is 10.4. The van der Waals surface area contributed by atoms with Gasteiger partial charge in [0.05, 0.1) is 0 Å². The Kier molecular flexibility index (Phi) is 5.94. The number of hydrogen-bond acceptors (Lipinski definition) is 5. The van der Waals surface area contributed by atoms with Crippen molar-refractivity contribution in [2.45, 2.75) is 26.6 Å². The molecule has 3 rings (SSSR count). The third kappa shape index (κ3) is 5.01. The fourth-order valence-electron chi connectivity index (χ4n) is 2.59. The summed E-state index contributed by atoms with van der Waals surface area (Å²) < 4.78 is 6.80. The molecule has 0 saturated carbocycles. The van der Waals surface area contributed by atoms with Gasteiger partial charge in [0.15, 0.2) is 5.78 Å². The lowest BCUT2D eigenvalue weighted by molar-refractivity contribution is -0.117. The maximum atomic E-state index is 12.0. The van der Waals surface area contributed by atoms with Crippen molar-refractivity contribution in [2.75, 3.05) is 0 Å². The standard InChI is InChI=1S/C20H20N4O3/c1-15(25)13-24-18(19(22-23-24)17-10-6-3-7-11-17)14-27-20(26)21-12-16-8-4-2-5-9-16/h2-11H,12-14H2,1H3,(H,21,26). The molecule has 1 aromatic heterocycles. The van der Waals surface area contributed by atoms with E-state index in [1.807, 2.05) is 60.7 Å². The number of carbonyl (C=O) groups is 2. The summed E-state index contributed by atoms with van der Waals surface area (Å²) in [4.78, 5) is 23.5. The second-order valence-electron chi connectivity index (χ2n) is 6.03. The number of aromatic nitrogens is 3. The second kappa shape index (κ2) is 8.75. The lowest BCUT2D eigenvalue weighted by atomic mass is 10.1. The molecule has 7 heteroatoms. The molecule has 1 N–H and O–H groups in total. The molecule has 7 nitrogen and oxygen atoms in total. The fourth-order valence-corrected chi connectivity index (χ4v) is 2.59. The van der Waals surface area contributed by atoms with Crippen LogP contribution in [0.4, 0.5) is 4.79 Å². The van der Waals surface area contributed by atoms with E-state index in [0.29, 0.717) is 17.9 Å². The molecule has 0 aliphatic heterocycles. The van der Waals surface area contributed by atoms with Crippen molar-refractivity contribution in [3.63, 3.8) is 0 Å². The highest BCUT2D eigenvalue weighted by Crippen LogP contribution is 2.21. The third-order valence-electron chi connectivity index (χ3n) is 3.88. The van der Waals surface area contributed by atoms with Crippen molar-refractivity contribution < 1.29 is 14.3 Å². The van der Waals surface area contributed by atoms with E-state index >= 15 is 0 Å². The topological polar surface area (TPSA) is 86.1 Å². The Hall–Kier alpha value is -3.48. The second-order valence-corrected chi connectivity index (χ2v) is 6.03. The van der Waals surface area contributed by atoms with Gasteiger partial charge in [-0.2, -0.15) is 0 Å². The zero-order valence-corrected chi connectivity index (χ0v) is 15.0. The minimum atomic E-state index is -0.548. The number of benzene rings is 2. The molecule has 0 unspecified atom stereocenters. The summed E-state index contributed by atoms with van der Waals surface area (Å²) in [5.74, 6) is -0.0608. The van der Waals surface area contributed by atoms with Crippen LogP contribution in [0, 0.1) is 0 Å². The van der Waals surface area contributed by atoms with Crippen molar-refractivity contribution in [1.29, 1.82) is 0 Å². The lowest BCUT2D eigenvalue weighted by Crippen LogP contribution is -2.24. The summed E-state index contributed by atoms with van der Waals surface area (Å²) in [5, 5.41) is 10.9. The molecule has 0 bridgehead atoms. The smallest absolute Gasteiger partial charge is 0.407 e. The number of nitrogens with zero attached hydrogens (tertiary/aromatic N) is 3. The number of nitrogens with one attached hydrogen (secondary N) is 1. The molecule has 1 heterocycles. The summed E-state index contributed by atoms with van der Waals surface area (Å²) >= 11 is 0. The van der Waals surface area contributed by atoms with Gasteiger partial charge in [-0.25, -0.2) is 9.48 Å². The Morgan fingerprint density at radius 2 is 1.70 bits per heavy atom. The molecule has 2 aromatic carbocycles. The Balaban J connectivity index is 1.69. The zero-order chi connectivity index (χ0) is 19.1. The van der Waals surface area contributed by atoms with Crippen LogP contribution < -0.4 is 5.32 Å². The predicted octanol–water partition coefficient (Wildman–Crippen LogP) is 2.96. The van der Waals surface area contributed by atoms with Crippen LogP contribution >= 0.6 is 0 Å². The van der Waals surface area contributed by atoms with Gasteiger partial charge < -0.3 is 10.1 Å². The molecule has 3 aromatic rings. The van der Waals surface area contributed by atoms with E-state index in [2.05, 4.69) is 15.6 Å². The number of amides is 1. The number of carbonyl (C=O) groups excluding carboxylic acids is 2. The van der Waals surface area contributed by atoms with Crippen LogP contribution in [0.3, 0.4) is 0 Å². The van der Waals surface area contributed by atoms with Crippen LogP contribution in [0.1, 0.15) is 18.2 Å². The minimum absolute atomic E-state index is 0.0366. The number of rotatable bonds is 7. The summed E-state index contributed by atoms with van der Waals surface area (Å²) in [6, 6.07) is 19.0. The van der Waals surface area contributed by atoms with E-state index in [-0.39, 0.29) is 18.9 Å². The zero-order valence-electron chi connectivity index (χ0n) is 15.0. The van der Waals surface area contributed by atoms with E-state index in [4.69, 9.17) is 4.74 Å². The number of hydrogen-bond donors (Lipinski definition) is 1. The van der Waals surface area contributed by atoms with Crippen LogP contribution in [-0.4, -0.2) is 26.9 Å². The van der Waals surface area contributed by atoms with Crippen LogP contribution in [0.15, 0.2) is 60.7 Å². The van der Waals surface area contributed by atoms with E-state index in [1.54, 1.807) is 0 Å². The minimum Gasteiger partial charge on any atom is -0.443 e. The highest BCUT2D eigenvalue weighted by molar-refractivity contribution is 5.75. The number of ether oxygens (including phenoxy) is 1. The quantitative estimate of drug-likeness (QED) is 0.696. The summed E-state index contributed by atoms with van der Waals surface area (Å²) in [5.41, 5.74) is 2.98. The van der Waals surface area contributed by atoms with Gasteiger partial charge in [0.25, 0.3) is 0 Å². The van der Waals surface area contributed by atoms with Gasteiger partial charge in [-0.05, 0) is 12.5 Å². The van der Waals surface area contributed by atoms with Gasteiger partial charge in [-0.3, -0.25) is 4.79 Å². The van der Waals surface area contributed by atoms with Gasteiger partial charge in [0.2, 0.25) is 0 Å². The Labute approximate surface area is 157 Å². The first-order valence-corrected chi connectivity index (χ1v) is 8.55. The molecule has 0 spiro atoms. The summed E-state index contributed by atoms with van der Waals surface area (Å²) in [7, 11) is 0. The number of Topliss-reactive ketones (excluding diaryl/α,β-unsaturated/α-hetero) is 1. The van der Waals surface area contributed by atoms with Crippen LogP contribution in [0.2, 0.25) is 0 Å². The van der Waals surface area contributed by atoms with Gasteiger partial charge >= 0.3 is 6.09 Å². The van der Waals surface area contributed by atoms with Crippen LogP contribution in [0.25, 0.3) is 11.3 Å². The van der Waals surface area contributed by atoms with Crippen molar-refractivity contribution in [2.24, 2.45) is 0 Å². The van der Waals surface area contributed by atoms with Gasteiger partial charge in [0, 0.05) is 12.1 Å². The van der Waals surface area contributed by atoms with Crippen molar-refractivity contribution in [1.82, 2.24) is 20.3 Å². The first kappa shape index (κ1) is 18.3. The van der Waals surface area contributed by atoms with Crippen molar-refractivity contribution in [3.05, 3.63) is 71.9 Å². The third-order valence-corrected chi connectivity index (χ3v) is 3.88. The van der Waals surface area contributed by atoms with E-state index in [0.717, 1.165) is 11.1 Å². The molecule has 138 valence electrons.